The van der Waals surface area contributed by atoms with Crippen LogP contribution < -0.4 is 22.1 Å². The Bertz CT molecular complexity index is 935. The van der Waals surface area contributed by atoms with Crippen LogP contribution in [0.3, 0.4) is 0 Å². The molecule has 34 heavy (non-hydrogen) atoms. The molecule has 0 aromatic carbocycles. The van der Waals surface area contributed by atoms with Gasteiger partial charge in [-0.25, -0.2) is 9.78 Å². The highest BCUT2D eigenvalue weighted by atomic mass is 16.4. The van der Waals surface area contributed by atoms with E-state index >= 15 is 0 Å². The highest BCUT2D eigenvalue weighted by Gasteiger charge is 2.38. The Morgan fingerprint density at radius 3 is 2.41 bits per heavy atom. The summed E-state index contributed by atoms with van der Waals surface area (Å²) in [6, 6.07) is -5.29. The Hall–Kier alpha value is -4.01. The number of carboxylic acid groups (broad SMARTS) is 2. The van der Waals surface area contributed by atoms with Gasteiger partial charge in [0.2, 0.25) is 23.6 Å². The number of hydrogen-bond donors (Lipinski definition) is 7. The summed E-state index contributed by atoms with van der Waals surface area (Å²) in [5, 5.41) is 22.9. The molecule has 2 rings (SSSR count). The van der Waals surface area contributed by atoms with Gasteiger partial charge in [0.15, 0.2) is 0 Å². The van der Waals surface area contributed by atoms with Gasteiger partial charge in [-0.05, 0) is 12.8 Å². The van der Waals surface area contributed by atoms with Crippen LogP contribution in [0.4, 0.5) is 0 Å². The van der Waals surface area contributed by atoms with Gasteiger partial charge in [0.05, 0.1) is 25.2 Å². The largest absolute Gasteiger partial charge is 0.481 e. The Morgan fingerprint density at radius 2 is 1.85 bits per heavy atom. The Morgan fingerprint density at radius 1 is 1.15 bits per heavy atom. The molecule has 1 saturated heterocycles. The molecule has 9 N–H and O–H groups in total. The fourth-order valence-corrected chi connectivity index (χ4v) is 3.56. The molecular weight excluding hydrogens is 454 g/mol. The zero-order valence-corrected chi connectivity index (χ0v) is 18.1. The molecule has 15 nitrogen and oxygen atoms in total. The number of rotatable bonds is 12. The number of likely N-dealkylation sites (tertiary alicyclic amines) is 1. The van der Waals surface area contributed by atoms with Crippen molar-refractivity contribution in [1.82, 2.24) is 25.5 Å². The van der Waals surface area contributed by atoms with Crippen molar-refractivity contribution in [2.45, 2.75) is 56.3 Å². The first kappa shape index (κ1) is 26.2. The first-order chi connectivity index (χ1) is 16.0. The second-order valence-electron chi connectivity index (χ2n) is 7.81. The number of carbonyl (C=O) groups excluding carboxylic acids is 4. The van der Waals surface area contributed by atoms with Gasteiger partial charge in [0.25, 0.3) is 0 Å². The quantitative estimate of drug-likeness (QED) is 0.156. The van der Waals surface area contributed by atoms with E-state index in [-0.39, 0.29) is 19.4 Å². The van der Waals surface area contributed by atoms with Crippen LogP contribution in [0.25, 0.3) is 0 Å². The monoisotopic (exact) mass is 481 g/mol. The first-order valence-electron chi connectivity index (χ1n) is 10.4. The standard InChI is InChI=1S/C19H27N7O8/c20-10(5-15(28)29)18(32)26-3-1-2-13(26)17(31)24-11(6-14(21)27)16(30)25-12(19(33)34)4-9-7-22-8-23-9/h7-8,10-13H,1-6,20H2,(H2,21,27)(H,22,23)(H,24,31)(H,25,30)(H,28,29)(H,33,34). The number of nitrogens with zero attached hydrogens (tertiary/aromatic N) is 2. The predicted octanol–water partition coefficient (Wildman–Crippen LogP) is -3.33. The minimum Gasteiger partial charge on any atom is -0.481 e. The summed E-state index contributed by atoms with van der Waals surface area (Å²) in [7, 11) is 0. The van der Waals surface area contributed by atoms with E-state index in [1.807, 2.05) is 0 Å². The molecule has 4 unspecified atom stereocenters. The van der Waals surface area contributed by atoms with Gasteiger partial charge in [-0.3, -0.25) is 24.0 Å². The maximum Gasteiger partial charge on any atom is 0.326 e. The van der Waals surface area contributed by atoms with Crippen LogP contribution in [0, 0.1) is 0 Å². The van der Waals surface area contributed by atoms with Crippen LogP contribution in [-0.4, -0.2) is 91.4 Å². The fraction of sp³-hybridized carbons (Fsp3) is 0.526. The number of carbonyl (C=O) groups is 6. The van der Waals surface area contributed by atoms with E-state index in [0.717, 1.165) is 4.90 Å². The zero-order chi connectivity index (χ0) is 25.4. The van der Waals surface area contributed by atoms with E-state index in [4.69, 9.17) is 16.6 Å². The number of nitrogens with two attached hydrogens (primary N) is 2. The van der Waals surface area contributed by atoms with Gasteiger partial charge in [-0.15, -0.1) is 0 Å². The average molecular weight is 481 g/mol. The van der Waals surface area contributed by atoms with Crippen LogP contribution >= 0.6 is 0 Å². The maximum absolute atomic E-state index is 12.9. The van der Waals surface area contributed by atoms with Crippen molar-refractivity contribution in [2.24, 2.45) is 11.5 Å². The Labute approximate surface area is 193 Å². The molecule has 0 saturated carbocycles. The number of aliphatic carboxylic acids is 2. The molecule has 0 radical (unpaired) electrons. The topological polar surface area (TPSA) is 251 Å². The molecule has 1 aliphatic heterocycles. The van der Waals surface area contributed by atoms with Crippen molar-refractivity contribution >= 4 is 35.6 Å². The molecule has 0 spiro atoms. The number of hydrogen-bond acceptors (Lipinski definition) is 8. The van der Waals surface area contributed by atoms with Crippen LogP contribution in [-0.2, 0) is 35.2 Å². The van der Waals surface area contributed by atoms with Crippen molar-refractivity contribution < 1.29 is 39.0 Å². The molecule has 1 aromatic rings. The smallest absolute Gasteiger partial charge is 0.326 e. The van der Waals surface area contributed by atoms with Crippen LogP contribution in [0.5, 0.6) is 0 Å². The summed E-state index contributed by atoms with van der Waals surface area (Å²) >= 11 is 0. The van der Waals surface area contributed by atoms with Gasteiger partial charge in [0, 0.05) is 24.9 Å². The van der Waals surface area contributed by atoms with Gasteiger partial charge in [-0.1, -0.05) is 0 Å². The molecule has 4 atom stereocenters. The number of primary amides is 1. The van der Waals surface area contributed by atoms with Gasteiger partial charge >= 0.3 is 11.9 Å². The van der Waals surface area contributed by atoms with Crippen LogP contribution in [0.1, 0.15) is 31.4 Å². The third-order valence-electron chi connectivity index (χ3n) is 5.18. The molecule has 15 heteroatoms. The van der Waals surface area contributed by atoms with E-state index in [0.29, 0.717) is 12.1 Å². The summed E-state index contributed by atoms with van der Waals surface area (Å²) in [5.41, 5.74) is 11.2. The number of carboxylic acids is 2. The van der Waals surface area contributed by atoms with Gasteiger partial charge in [-0.2, -0.15) is 0 Å². The van der Waals surface area contributed by atoms with E-state index in [2.05, 4.69) is 20.6 Å². The second-order valence-corrected chi connectivity index (χ2v) is 7.81. The van der Waals surface area contributed by atoms with Crippen molar-refractivity contribution in [1.29, 1.82) is 0 Å². The lowest BCUT2D eigenvalue weighted by atomic mass is 10.1. The lowest BCUT2D eigenvalue weighted by Gasteiger charge is -2.28. The lowest BCUT2D eigenvalue weighted by molar-refractivity contribution is -0.144. The van der Waals surface area contributed by atoms with E-state index in [1.54, 1.807) is 0 Å². The summed E-state index contributed by atoms with van der Waals surface area (Å²) in [6.07, 6.45) is 2.00. The molecule has 4 amide bonds. The van der Waals surface area contributed by atoms with Crippen molar-refractivity contribution in [3.05, 3.63) is 18.2 Å². The summed E-state index contributed by atoms with van der Waals surface area (Å²) in [5.74, 6) is -6.03. The lowest BCUT2D eigenvalue weighted by Crippen LogP contribution is -2.57. The number of amides is 4. The Balaban J connectivity index is 2.10. The minimum atomic E-state index is -1.50. The molecule has 2 heterocycles. The van der Waals surface area contributed by atoms with Gasteiger partial charge in [0.1, 0.15) is 18.1 Å². The third kappa shape index (κ3) is 7.26. The summed E-state index contributed by atoms with van der Waals surface area (Å²) in [4.78, 5) is 79.6. The summed E-state index contributed by atoms with van der Waals surface area (Å²) < 4.78 is 0. The highest BCUT2D eigenvalue weighted by molar-refractivity contribution is 5.96. The summed E-state index contributed by atoms with van der Waals surface area (Å²) in [6.45, 7) is 0.155. The van der Waals surface area contributed by atoms with E-state index in [1.165, 1.54) is 12.5 Å². The average Bonchev–Trinajstić information content (AvgIpc) is 3.43. The second kappa shape index (κ2) is 11.7. The molecule has 1 fully saturated rings. The number of nitrogens with one attached hydrogen (secondary N) is 3. The maximum atomic E-state index is 12.9. The van der Waals surface area contributed by atoms with Crippen molar-refractivity contribution in [3.63, 3.8) is 0 Å². The number of aromatic nitrogens is 2. The molecular formula is C19H27N7O8. The first-order valence-corrected chi connectivity index (χ1v) is 10.4. The van der Waals surface area contributed by atoms with Crippen LogP contribution in [0.15, 0.2) is 12.5 Å². The number of aromatic amines is 1. The Kier molecular flexibility index (Phi) is 9.06. The minimum absolute atomic E-state index is 0.134. The third-order valence-corrected chi connectivity index (χ3v) is 5.18. The molecule has 0 aliphatic carbocycles. The number of imidazole rings is 1. The molecule has 0 bridgehead atoms. The normalized spacial score (nSPS) is 17.9. The molecule has 186 valence electrons. The van der Waals surface area contributed by atoms with E-state index < -0.39 is 72.6 Å². The SMILES string of the molecule is NC(=O)CC(NC(=O)C1CCCN1C(=O)C(N)CC(=O)O)C(=O)NC(Cc1cnc[nH]1)C(=O)O. The zero-order valence-electron chi connectivity index (χ0n) is 18.1. The predicted molar refractivity (Wildman–Crippen MR) is 113 cm³/mol. The molecule has 1 aromatic heterocycles. The van der Waals surface area contributed by atoms with Gasteiger partial charge < -0.3 is 42.2 Å². The molecule has 1 aliphatic rings. The number of H-pyrrole nitrogens is 1. The van der Waals surface area contributed by atoms with E-state index in [9.17, 15) is 33.9 Å². The highest BCUT2D eigenvalue weighted by Crippen LogP contribution is 2.19. The van der Waals surface area contributed by atoms with Crippen molar-refractivity contribution in [3.8, 4) is 0 Å². The fourth-order valence-electron chi connectivity index (χ4n) is 3.56. The van der Waals surface area contributed by atoms with Crippen LogP contribution in [0.2, 0.25) is 0 Å². The van der Waals surface area contributed by atoms with Crippen molar-refractivity contribution in [2.75, 3.05) is 6.54 Å².